The van der Waals surface area contributed by atoms with Crippen molar-refractivity contribution in [1.29, 1.82) is 0 Å². The van der Waals surface area contributed by atoms with E-state index in [1.54, 1.807) is 0 Å². The van der Waals surface area contributed by atoms with Crippen molar-refractivity contribution < 1.29 is 0 Å². The Hall–Kier alpha value is -1.57. The molecule has 1 aromatic heterocycles. The molecule has 1 heterocycles. The number of hydrogen-bond acceptors (Lipinski definition) is 2. The third-order valence-corrected chi connectivity index (χ3v) is 3.05. The van der Waals surface area contributed by atoms with Crippen LogP contribution in [-0.2, 0) is 5.41 Å². The number of fused-ring (bicyclic) bond motifs is 1. The molecule has 0 unspecified atom stereocenters. The molecule has 0 bridgehead atoms. The number of hydrogen-bond donors (Lipinski definition) is 1. The fourth-order valence-corrected chi connectivity index (χ4v) is 2.17. The van der Waals surface area contributed by atoms with Crippen molar-refractivity contribution in [2.75, 3.05) is 5.73 Å². The molecule has 1 aromatic carbocycles. The summed E-state index contributed by atoms with van der Waals surface area (Å²) in [4.78, 5) is 4.75. The lowest BCUT2D eigenvalue weighted by atomic mass is 9.90. The third-order valence-electron chi connectivity index (χ3n) is 3.05. The van der Waals surface area contributed by atoms with Crippen LogP contribution in [0.25, 0.3) is 10.9 Å². The van der Waals surface area contributed by atoms with Gasteiger partial charge in [0.15, 0.2) is 0 Å². The van der Waals surface area contributed by atoms with Gasteiger partial charge in [-0.05, 0) is 37.1 Å². The standard InChI is InChI=1S/C15H20N2/c1-9-6-10(2)14-11(16)8-13(15(3,4)5)17-12(14)7-9/h6-8H,1-5H3,(H2,16,17). The van der Waals surface area contributed by atoms with Gasteiger partial charge in [0.2, 0.25) is 0 Å². The maximum absolute atomic E-state index is 6.16. The van der Waals surface area contributed by atoms with Crippen LogP contribution in [0.4, 0.5) is 5.69 Å². The molecule has 0 saturated heterocycles. The second-order valence-electron chi connectivity index (χ2n) is 5.82. The topological polar surface area (TPSA) is 38.9 Å². The highest BCUT2D eigenvalue weighted by Crippen LogP contribution is 2.30. The fourth-order valence-electron chi connectivity index (χ4n) is 2.17. The molecule has 17 heavy (non-hydrogen) atoms. The highest BCUT2D eigenvalue weighted by Gasteiger charge is 2.17. The van der Waals surface area contributed by atoms with Crippen molar-refractivity contribution in [1.82, 2.24) is 4.98 Å². The Labute approximate surface area is 103 Å². The zero-order valence-corrected chi connectivity index (χ0v) is 11.3. The van der Waals surface area contributed by atoms with Gasteiger partial charge in [0, 0.05) is 22.2 Å². The Morgan fingerprint density at radius 3 is 2.29 bits per heavy atom. The maximum Gasteiger partial charge on any atom is 0.0731 e. The smallest absolute Gasteiger partial charge is 0.0731 e. The van der Waals surface area contributed by atoms with Crippen LogP contribution < -0.4 is 5.73 Å². The van der Waals surface area contributed by atoms with Gasteiger partial charge in [-0.15, -0.1) is 0 Å². The van der Waals surface area contributed by atoms with Crippen LogP contribution in [0, 0.1) is 13.8 Å². The predicted molar refractivity (Wildman–Crippen MR) is 74.3 cm³/mol. The fraction of sp³-hybridized carbons (Fsp3) is 0.400. The number of rotatable bonds is 0. The monoisotopic (exact) mass is 228 g/mol. The molecule has 2 rings (SSSR count). The quantitative estimate of drug-likeness (QED) is 0.746. The van der Waals surface area contributed by atoms with E-state index in [-0.39, 0.29) is 5.41 Å². The summed E-state index contributed by atoms with van der Waals surface area (Å²) in [6.07, 6.45) is 0. The summed E-state index contributed by atoms with van der Waals surface area (Å²) in [6, 6.07) is 6.26. The minimum Gasteiger partial charge on any atom is -0.398 e. The molecule has 0 atom stereocenters. The van der Waals surface area contributed by atoms with Crippen LogP contribution in [0.3, 0.4) is 0 Å². The molecule has 0 aliphatic heterocycles. The normalized spacial score (nSPS) is 12.1. The van der Waals surface area contributed by atoms with Crippen LogP contribution in [0.2, 0.25) is 0 Å². The average molecular weight is 228 g/mol. The van der Waals surface area contributed by atoms with Gasteiger partial charge in [-0.2, -0.15) is 0 Å². The first kappa shape index (κ1) is 11.9. The third kappa shape index (κ3) is 2.12. The summed E-state index contributed by atoms with van der Waals surface area (Å²) in [7, 11) is 0. The number of aromatic nitrogens is 1. The summed E-state index contributed by atoms with van der Waals surface area (Å²) in [5.74, 6) is 0. The zero-order valence-electron chi connectivity index (χ0n) is 11.3. The molecule has 2 nitrogen and oxygen atoms in total. The van der Waals surface area contributed by atoms with Gasteiger partial charge in [0.1, 0.15) is 0 Å². The zero-order chi connectivity index (χ0) is 12.8. The van der Waals surface area contributed by atoms with Gasteiger partial charge in [-0.3, -0.25) is 4.98 Å². The predicted octanol–water partition coefficient (Wildman–Crippen LogP) is 3.73. The first-order chi connectivity index (χ1) is 7.79. The molecule has 0 amide bonds. The maximum atomic E-state index is 6.16. The molecule has 0 fully saturated rings. The van der Waals surface area contributed by atoms with Crippen molar-refractivity contribution in [2.24, 2.45) is 0 Å². The van der Waals surface area contributed by atoms with Crippen molar-refractivity contribution in [3.63, 3.8) is 0 Å². The molecule has 2 N–H and O–H groups in total. The Kier molecular flexibility index (Phi) is 2.61. The number of nitrogens with zero attached hydrogens (tertiary/aromatic N) is 1. The first-order valence-electron chi connectivity index (χ1n) is 5.97. The first-order valence-corrected chi connectivity index (χ1v) is 5.97. The second-order valence-corrected chi connectivity index (χ2v) is 5.82. The molecule has 90 valence electrons. The summed E-state index contributed by atoms with van der Waals surface area (Å²) < 4.78 is 0. The molecule has 0 aliphatic carbocycles. The van der Waals surface area contributed by atoms with E-state index in [1.165, 1.54) is 11.1 Å². The molecule has 0 radical (unpaired) electrons. The van der Waals surface area contributed by atoms with E-state index in [0.717, 1.165) is 22.3 Å². The Bertz CT molecular complexity index is 577. The van der Waals surface area contributed by atoms with Gasteiger partial charge in [0.05, 0.1) is 5.52 Å². The van der Waals surface area contributed by atoms with Gasteiger partial charge in [-0.1, -0.05) is 26.8 Å². The lowest BCUT2D eigenvalue weighted by Gasteiger charge is -2.19. The van der Waals surface area contributed by atoms with Gasteiger partial charge >= 0.3 is 0 Å². The largest absolute Gasteiger partial charge is 0.398 e. The van der Waals surface area contributed by atoms with E-state index < -0.39 is 0 Å². The molecule has 2 heteroatoms. The molecular formula is C15H20N2. The minimum absolute atomic E-state index is 0.0277. The van der Waals surface area contributed by atoms with Crippen molar-refractivity contribution in [2.45, 2.75) is 40.0 Å². The highest BCUT2D eigenvalue weighted by molar-refractivity contribution is 5.93. The SMILES string of the molecule is Cc1cc(C)c2c(N)cc(C(C)(C)C)nc2c1. The number of nitrogen functional groups attached to an aromatic ring is 1. The number of benzene rings is 1. The van der Waals surface area contributed by atoms with Gasteiger partial charge < -0.3 is 5.73 Å². The van der Waals surface area contributed by atoms with E-state index in [9.17, 15) is 0 Å². The lowest BCUT2D eigenvalue weighted by molar-refractivity contribution is 0.572. The highest BCUT2D eigenvalue weighted by atomic mass is 14.7. The van der Waals surface area contributed by atoms with E-state index in [2.05, 4.69) is 46.8 Å². The second kappa shape index (κ2) is 3.73. The summed E-state index contributed by atoms with van der Waals surface area (Å²) in [5.41, 5.74) is 11.5. The molecule has 2 aromatic rings. The van der Waals surface area contributed by atoms with Crippen molar-refractivity contribution in [3.8, 4) is 0 Å². The lowest BCUT2D eigenvalue weighted by Crippen LogP contribution is -2.14. The summed E-state index contributed by atoms with van der Waals surface area (Å²) >= 11 is 0. The Morgan fingerprint density at radius 1 is 1.06 bits per heavy atom. The van der Waals surface area contributed by atoms with E-state index in [1.807, 2.05) is 6.07 Å². The Balaban J connectivity index is 2.82. The van der Waals surface area contributed by atoms with E-state index in [0.29, 0.717) is 0 Å². The number of aryl methyl sites for hydroxylation is 2. The summed E-state index contributed by atoms with van der Waals surface area (Å²) in [6.45, 7) is 10.6. The van der Waals surface area contributed by atoms with Gasteiger partial charge in [0.25, 0.3) is 0 Å². The number of anilines is 1. The number of nitrogens with two attached hydrogens (primary N) is 1. The van der Waals surface area contributed by atoms with Crippen LogP contribution in [0.1, 0.15) is 37.6 Å². The summed E-state index contributed by atoms with van der Waals surface area (Å²) in [5, 5.41) is 1.09. The van der Waals surface area contributed by atoms with Crippen LogP contribution in [0.15, 0.2) is 18.2 Å². The van der Waals surface area contributed by atoms with Crippen LogP contribution in [-0.4, -0.2) is 4.98 Å². The van der Waals surface area contributed by atoms with E-state index in [4.69, 9.17) is 10.7 Å². The van der Waals surface area contributed by atoms with Gasteiger partial charge in [-0.25, -0.2) is 0 Å². The molecule has 0 saturated carbocycles. The average Bonchev–Trinajstić information content (AvgIpc) is 2.13. The van der Waals surface area contributed by atoms with Crippen molar-refractivity contribution in [3.05, 3.63) is 35.0 Å². The molecule has 0 aliphatic rings. The van der Waals surface area contributed by atoms with Crippen LogP contribution in [0.5, 0.6) is 0 Å². The minimum atomic E-state index is 0.0277. The molecular weight excluding hydrogens is 208 g/mol. The molecule has 0 spiro atoms. The Morgan fingerprint density at radius 2 is 1.71 bits per heavy atom. The van der Waals surface area contributed by atoms with Crippen LogP contribution >= 0.6 is 0 Å². The number of pyridine rings is 1. The van der Waals surface area contributed by atoms with E-state index >= 15 is 0 Å². The van der Waals surface area contributed by atoms with Crippen molar-refractivity contribution >= 4 is 16.6 Å².